The Morgan fingerprint density at radius 1 is 0.559 bits per heavy atom. The zero-order valence-electron chi connectivity index (χ0n) is 20.7. The van der Waals surface area contributed by atoms with Crippen LogP contribution in [-0.4, -0.2) is 0 Å². The molecule has 0 amide bonds. The second kappa shape index (κ2) is 7.46. The summed E-state index contributed by atoms with van der Waals surface area (Å²) in [5.41, 5.74) is 5.94. The summed E-state index contributed by atoms with van der Waals surface area (Å²) >= 11 is 0. The van der Waals surface area contributed by atoms with Gasteiger partial charge in [-0.15, -0.1) is 0 Å². The average Bonchev–Trinajstić information content (AvgIpc) is 2.89. The maximum atomic E-state index is 9.38. The second-order valence-corrected chi connectivity index (χ2v) is 12.9. The van der Waals surface area contributed by atoms with Crippen molar-refractivity contribution in [2.75, 3.05) is 0 Å². The number of rotatable bonds is 3. The van der Waals surface area contributed by atoms with Crippen LogP contribution in [0.15, 0.2) is 48.5 Å². The Morgan fingerprint density at radius 3 is 1.18 bits per heavy atom. The summed E-state index contributed by atoms with van der Waals surface area (Å²) in [6.45, 7) is 5.11. The van der Waals surface area contributed by atoms with E-state index in [9.17, 15) is 10.5 Å². The standard InChI is InChI=1S/C32H36N2/c1-29-11-15-31(16-12-29,25-7-3-23(21-33)4-8-25)27(19-29)28-20-30(2)13-17-32(28,18-14-30)26-9-5-24(22-34)6-10-26/h3-10,27-28H,11-20H2,1-2H3. The third-order valence-electron chi connectivity index (χ3n) is 11.2. The van der Waals surface area contributed by atoms with Gasteiger partial charge < -0.3 is 0 Å². The molecule has 2 aromatic carbocycles. The molecule has 8 rings (SSSR count). The van der Waals surface area contributed by atoms with Crippen LogP contribution in [0.3, 0.4) is 0 Å². The smallest absolute Gasteiger partial charge is 0.0991 e. The number of nitriles is 2. The van der Waals surface area contributed by atoms with E-state index in [0.717, 1.165) is 11.1 Å². The van der Waals surface area contributed by atoms with Crippen LogP contribution in [0.5, 0.6) is 0 Å². The van der Waals surface area contributed by atoms with Gasteiger partial charge in [0.05, 0.1) is 23.3 Å². The molecule has 2 aromatic rings. The van der Waals surface area contributed by atoms with E-state index >= 15 is 0 Å². The first-order chi connectivity index (χ1) is 16.3. The number of benzene rings is 2. The van der Waals surface area contributed by atoms with Gasteiger partial charge in [-0.25, -0.2) is 0 Å². The maximum Gasteiger partial charge on any atom is 0.0991 e. The Kier molecular flexibility index (Phi) is 4.81. The molecule has 6 aliphatic rings. The topological polar surface area (TPSA) is 47.6 Å². The molecule has 2 nitrogen and oxygen atoms in total. The lowest BCUT2D eigenvalue weighted by molar-refractivity contribution is -0.106. The monoisotopic (exact) mass is 448 g/mol. The first kappa shape index (κ1) is 21.9. The molecule has 0 N–H and O–H groups in total. The van der Waals surface area contributed by atoms with E-state index in [1.54, 1.807) is 0 Å². The molecule has 6 aliphatic carbocycles. The van der Waals surface area contributed by atoms with Gasteiger partial charge in [0.2, 0.25) is 0 Å². The zero-order valence-corrected chi connectivity index (χ0v) is 20.7. The third kappa shape index (κ3) is 3.11. The van der Waals surface area contributed by atoms with Gasteiger partial charge >= 0.3 is 0 Å². The molecule has 2 atom stereocenters. The fourth-order valence-electron chi connectivity index (χ4n) is 9.02. The fourth-order valence-corrected chi connectivity index (χ4v) is 9.02. The van der Waals surface area contributed by atoms with E-state index in [1.807, 2.05) is 24.3 Å². The molecular formula is C32H36N2. The van der Waals surface area contributed by atoms with Crippen LogP contribution in [0.25, 0.3) is 0 Å². The van der Waals surface area contributed by atoms with E-state index in [-0.39, 0.29) is 10.8 Å². The first-order valence-electron chi connectivity index (χ1n) is 13.4. The number of hydrogen-bond acceptors (Lipinski definition) is 2. The summed E-state index contributed by atoms with van der Waals surface area (Å²) < 4.78 is 0. The molecule has 0 spiro atoms. The number of nitrogens with zero attached hydrogens (tertiary/aromatic N) is 2. The summed E-state index contributed by atoms with van der Waals surface area (Å²) in [7, 11) is 0. The van der Waals surface area contributed by atoms with Crippen molar-refractivity contribution in [1.82, 2.24) is 0 Å². The molecule has 6 fully saturated rings. The van der Waals surface area contributed by atoms with E-state index in [1.165, 1.54) is 75.3 Å². The molecule has 0 saturated heterocycles. The molecule has 4 bridgehead atoms. The number of fused-ring (bicyclic) bond motifs is 7. The minimum absolute atomic E-state index is 0.240. The molecule has 0 aliphatic heterocycles. The molecular weight excluding hydrogens is 412 g/mol. The highest BCUT2D eigenvalue weighted by Crippen LogP contribution is 2.70. The zero-order chi connectivity index (χ0) is 23.6. The molecule has 2 heteroatoms. The number of hydrogen-bond donors (Lipinski definition) is 0. The lowest BCUT2D eigenvalue weighted by Crippen LogP contribution is -2.60. The van der Waals surface area contributed by atoms with Crippen molar-refractivity contribution in [2.45, 2.75) is 88.9 Å². The minimum Gasteiger partial charge on any atom is -0.192 e. The maximum absolute atomic E-state index is 9.38. The van der Waals surface area contributed by atoms with E-state index in [0.29, 0.717) is 22.7 Å². The lowest BCUT2D eigenvalue weighted by Gasteiger charge is -2.66. The molecule has 6 saturated carbocycles. The Morgan fingerprint density at radius 2 is 0.882 bits per heavy atom. The normalized spacial score (nSPS) is 40.5. The summed E-state index contributed by atoms with van der Waals surface area (Å²) in [6, 6.07) is 22.0. The summed E-state index contributed by atoms with van der Waals surface area (Å²) in [5.74, 6) is 1.37. The Balaban J connectivity index is 1.47. The predicted molar refractivity (Wildman–Crippen MR) is 135 cm³/mol. The minimum atomic E-state index is 0.240. The van der Waals surface area contributed by atoms with Gasteiger partial charge in [-0.3, -0.25) is 0 Å². The van der Waals surface area contributed by atoms with Crippen molar-refractivity contribution < 1.29 is 0 Å². The molecule has 0 aromatic heterocycles. The van der Waals surface area contributed by atoms with E-state index < -0.39 is 0 Å². The largest absolute Gasteiger partial charge is 0.192 e. The highest BCUT2D eigenvalue weighted by atomic mass is 14.7. The molecule has 0 radical (unpaired) electrons. The highest BCUT2D eigenvalue weighted by Gasteiger charge is 2.62. The van der Waals surface area contributed by atoms with Crippen molar-refractivity contribution in [2.24, 2.45) is 22.7 Å². The Labute approximate surface area is 205 Å². The summed E-state index contributed by atoms with van der Waals surface area (Å²) in [4.78, 5) is 0. The lowest BCUT2D eigenvalue weighted by atomic mass is 9.38. The third-order valence-corrected chi connectivity index (χ3v) is 11.2. The molecule has 34 heavy (non-hydrogen) atoms. The fraction of sp³-hybridized carbons (Fsp3) is 0.562. The first-order valence-corrected chi connectivity index (χ1v) is 13.4. The van der Waals surface area contributed by atoms with Gasteiger partial charge in [-0.1, -0.05) is 38.1 Å². The van der Waals surface area contributed by atoms with Gasteiger partial charge in [0.1, 0.15) is 0 Å². The van der Waals surface area contributed by atoms with Crippen molar-refractivity contribution in [1.29, 1.82) is 10.5 Å². The van der Waals surface area contributed by atoms with Crippen LogP contribution in [0.2, 0.25) is 0 Å². The van der Waals surface area contributed by atoms with Crippen molar-refractivity contribution in [3.63, 3.8) is 0 Å². The van der Waals surface area contributed by atoms with Gasteiger partial charge in [-0.2, -0.15) is 10.5 Å². The predicted octanol–water partition coefficient (Wildman–Crippen LogP) is 7.81. The summed E-state index contributed by atoms with van der Waals surface area (Å²) in [6.07, 6.45) is 13.2. The molecule has 0 heterocycles. The highest BCUT2D eigenvalue weighted by molar-refractivity contribution is 5.40. The SMILES string of the molecule is CC12CCC(c3ccc(C#N)cc3)(CC1)C(C1CC3(C)CCC1(c1ccc(C#N)cc1)CC3)C2. The van der Waals surface area contributed by atoms with Gasteiger partial charge in [0.25, 0.3) is 0 Å². The Hall–Kier alpha value is -2.58. The van der Waals surface area contributed by atoms with Crippen LogP contribution in [0.4, 0.5) is 0 Å². The van der Waals surface area contributed by atoms with Crippen molar-refractivity contribution in [3.8, 4) is 12.1 Å². The average molecular weight is 449 g/mol. The van der Waals surface area contributed by atoms with E-state index in [2.05, 4.69) is 50.3 Å². The molecule has 174 valence electrons. The van der Waals surface area contributed by atoms with Crippen LogP contribution in [-0.2, 0) is 10.8 Å². The van der Waals surface area contributed by atoms with Gasteiger partial charge in [0.15, 0.2) is 0 Å². The van der Waals surface area contributed by atoms with Crippen LogP contribution in [0, 0.1) is 45.3 Å². The second-order valence-electron chi connectivity index (χ2n) is 12.9. The van der Waals surface area contributed by atoms with Gasteiger partial charge in [0, 0.05) is 0 Å². The quantitative estimate of drug-likeness (QED) is 0.481. The van der Waals surface area contributed by atoms with Crippen molar-refractivity contribution in [3.05, 3.63) is 70.8 Å². The van der Waals surface area contributed by atoms with Crippen LogP contribution in [0.1, 0.15) is 100 Å². The van der Waals surface area contributed by atoms with Gasteiger partial charge in [-0.05, 0) is 133 Å². The summed E-state index contributed by atoms with van der Waals surface area (Å²) in [5, 5.41) is 18.8. The Bertz CT molecular complexity index is 1060. The van der Waals surface area contributed by atoms with Crippen LogP contribution >= 0.6 is 0 Å². The van der Waals surface area contributed by atoms with Crippen molar-refractivity contribution >= 4 is 0 Å². The van der Waals surface area contributed by atoms with E-state index in [4.69, 9.17) is 0 Å². The van der Waals surface area contributed by atoms with Crippen LogP contribution < -0.4 is 0 Å². The molecule has 2 unspecified atom stereocenters.